The summed E-state index contributed by atoms with van der Waals surface area (Å²) < 4.78 is 13.7. The molecule has 0 amide bonds. The van der Waals surface area contributed by atoms with Gasteiger partial charge in [-0.15, -0.1) is 0 Å². The van der Waals surface area contributed by atoms with Gasteiger partial charge in [0.15, 0.2) is 0 Å². The third-order valence-electron chi connectivity index (χ3n) is 4.04. The normalized spacial score (nSPS) is 18.5. The molecular weight excluding hydrogens is 261 g/mol. The molecule has 1 aromatic rings. The van der Waals surface area contributed by atoms with Gasteiger partial charge in [-0.3, -0.25) is 0 Å². The topological polar surface area (TPSA) is 12.0 Å². The number of nitrogens with one attached hydrogen (secondary N) is 1. The number of hydrogen-bond acceptors (Lipinski definition) is 1. The monoisotopic (exact) mass is 283 g/mol. The van der Waals surface area contributed by atoms with Gasteiger partial charge in [0.2, 0.25) is 0 Å². The third kappa shape index (κ3) is 3.93. The number of hydrogen-bond donors (Lipinski definition) is 1. The Balaban J connectivity index is 2.17. The zero-order valence-corrected chi connectivity index (χ0v) is 12.3. The summed E-state index contributed by atoms with van der Waals surface area (Å²) in [6, 6.07) is 5.51. The van der Waals surface area contributed by atoms with Crippen LogP contribution in [0.3, 0.4) is 0 Å². The average molecular weight is 284 g/mol. The Kier molecular flexibility index (Phi) is 5.65. The molecule has 1 unspecified atom stereocenters. The van der Waals surface area contributed by atoms with Crippen LogP contribution in [0.25, 0.3) is 0 Å². The molecule has 0 heterocycles. The Bertz CT molecular complexity index is 402. The highest BCUT2D eigenvalue weighted by Gasteiger charge is 2.25. The summed E-state index contributed by atoms with van der Waals surface area (Å²) in [7, 11) is 0. The minimum absolute atomic E-state index is 0.210. The fourth-order valence-electron chi connectivity index (χ4n) is 3.03. The van der Waals surface area contributed by atoms with Crippen LogP contribution in [0, 0.1) is 11.7 Å². The molecule has 0 bridgehead atoms. The molecule has 1 atom stereocenters. The van der Waals surface area contributed by atoms with Gasteiger partial charge in [-0.25, -0.2) is 4.39 Å². The van der Waals surface area contributed by atoms with Crippen molar-refractivity contribution in [2.75, 3.05) is 6.54 Å². The van der Waals surface area contributed by atoms with E-state index in [0.717, 1.165) is 18.5 Å². The highest BCUT2D eigenvalue weighted by Crippen LogP contribution is 2.35. The molecule has 0 spiro atoms. The Hall–Kier alpha value is -0.600. The van der Waals surface area contributed by atoms with Crippen LogP contribution in [0.2, 0.25) is 5.02 Å². The van der Waals surface area contributed by atoms with Gasteiger partial charge >= 0.3 is 0 Å². The van der Waals surface area contributed by atoms with E-state index in [2.05, 4.69) is 12.2 Å². The summed E-state index contributed by atoms with van der Waals surface area (Å²) in [5.74, 6) is 0.319. The van der Waals surface area contributed by atoms with Crippen LogP contribution >= 0.6 is 11.6 Å². The van der Waals surface area contributed by atoms with Gasteiger partial charge in [-0.05, 0) is 49.4 Å². The van der Waals surface area contributed by atoms with Crippen molar-refractivity contribution in [2.45, 2.75) is 51.5 Å². The van der Waals surface area contributed by atoms with E-state index >= 15 is 0 Å². The third-order valence-corrected chi connectivity index (χ3v) is 4.34. The van der Waals surface area contributed by atoms with Gasteiger partial charge in [-0.1, -0.05) is 43.9 Å². The lowest BCUT2D eigenvalue weighted by Crippen LogP contribution is -2.30. The average Bonchev–Trinajstić information content (AvgIpc) is 2.44. The van der Waals surface area contributed by atoms with E-state index in [1.165, 1.54) is 32.1 Å². The van der Waals surface area contributed by atoms with Gasteiger partial charge < -0.3 is 5.32 Å². The second-order valence-corrected chi connectivity index (χ2v) is 5.91. The molecule has 2 rings (SSSR count). The molecule has 1 fully saturated rings. The predicted molar refractivity (Wildman–Crippen MR) is 79.0 cm³/mol. The number of rotatable bonds is 5. The van der Waals surface area contributed by atoms with E-state index in [0.29, 0.717) is 5.92 Å². The van der Waals surface area contributed by atoms with E-state index in [9.17, 15) is 4.39 Å². The van der Waals surface area contributed by atoms with Crippen molar-refractivity contribution in [2.24, 2.45) is 5.92 Å². The summed E-state index contributed by atoms with van der Waals surface area (Å²) in [5.41, 5.74) is 1.04. The lowest BCUT2D eigenvalue weighted by Gasteiger charge is -2.31. The standard InChI is InChI=1S/C16H23ClFN/c1-2-10-19-16(12-6-4-3-5-7-12)13-8-9-14(17)15(18)11-13/h8-9,11-12,16,19H,2-7,10H2,1H3. The molecule has 3 heteroatoms. The molecule has 0 aliphatic heterocycles. The van der Waals surface area contributed by atoms with E-state index < -0.39 is 0 Å². The smallest absolute Gasteiger partial charge is 0.142 e. The fourth-order valence-corrected chi connectivity index (χ4v) is 3.15. The fraction of sp³-hybridized carbons (Fsp3) is 0.625. The first-order chi connectivity index (χ1) is 9.22. The molecule has 1 aliphatic carbocycles. The Morgan fingerprint density at radius 3 is 2.68 bits per heavy atom. The largest absolute Gasteiger partial charge is 0.310 e. The number of benzene rings is 1. The number of halogens is 2. The Morgan fingerprint density at radius 1 is 1.32 bits per heavy atom. The maximum Gasteiger partial charge on any atom is 0.142 e. The molecule has 1 N–H and O–H groups in total. The Labute approximate surface area is 120 Å². The zero-order chi connectivity index (χ0) is 13.7. The first-order valence-corrected chi connectivity index (χ1v) is 7.78. The lowest BCUT2D eigenvalue weighted by molar-refractivity contribution is 0.271. The molecular formula is C16H23ClFN. The zero-order valence-electron chi connectivity index (χ0n) is 11.6. The van der Waals surface area contributed by atoms with Crippen LogP contribution in [0.15, 0.2) is 18.2 Å². The van der Waals surface area contributed by atoms with Gasteiger partial charge in [0.05, 0.1) is 5.02 Å². The van der Waals surface area contributed by atoms with E-state index in [-0.39, 0.29) is 16.9 Å². The summed E-state index contributed by atoms with van der Waals surface area (Å²) in [4.78, 5) is 0. The Morgan fingerprint density at radius 2 is 2.05 bits per heavy atom. The molecule has 0 saturated heterocycles. The van der Waals surface area contributed by atoms with E-state index in [1.54, 1.807) is 12.1 Å². The molecule has 1 saturated carbocycles. The van der Waals surface area contributed by atoms with Crippen molar-refractivity contribution in [3.63, 3.8) is 0 Å². The van der Waals surface area contributed by atoms with Crippen LogP contribution in [0.4, 0.5) is 4.39 Å². The highest BCUT2D eigenvalue weighted by atomic mass is 35.5. The van der Waals surface area contributed by atoms with Crippen molar-refractivity contribution in [1.82, 2.24) is 5.32 Å². The molecule has 1 aliphatic rings. The lowest BCUT2D eigenvalue weighted by atomic mass is 9.81. The van der Waals surface area contributed by atoms with Gasteiger partial charge in [0, 0.05) is 6.04 Å². The van der Waals surface area contributed by atoms with Crippen LogP contribution in [-0.2, 0) is 0 Å². The van der Waals surface area contributed by atoms with Crippen molar-refractivity contribution in [3.05, 3.63) is 34.6 Å². The van der Waals surface area contributed by atoms with Crippen LogP contribution in [0.5, 0.6) is 0 Å². The molecule has 1 nitrogen and oxygen atoms in total. The molecule has 0 radical (unpaired) electrons. The summed E-state index contributed by atoms with van der Waals surface area (Å²) >= 11 is 5.78. The predicted octanol–water partition coefficient (Wildman–Crippen LogP) is 5.10. The minimum atomic E-state index is -0.307. The first kappa shape index (κ1) is 14.8. The van der Waals surface area contributed by atoms with Crippen molar-refractivity contribution < 1.29 is 4.39 Å². The van der Waals surface area contributed by atoms with Crippen molar-refractivity contribution >= 4 is 11.6 Å². The van der Waals surface area contributed by atoms with Crippen molar-refractivity contribution in [1.29, 1.82) is 0 Å². The minimum Gasteiger partial charge on any atom is -0.310 e. The van der Waals surface area contributed by atoms with E-state index in [1.807, 2.05) is 6.07 Å². The SMILES string of the molecule is CCCNC(c1ccc(Cl)c(F)c1)C1CCCCC1. The second kappa shape index (κ2) is 7.25. The summed E-state index contributed by atoms with van der Waals surface area (Å²) in [5, 5.41) is 3.80. The second-order valence-electron chi connectivity index (χ2n) is 5.50. The van der Waals surface area contributed by atoms with Gasteiger partial charge in [0.1, 0.15) is 5.82 Å². The van der Waals surface area contributed by atoms with Crippen LogP contribution < -0.4 is 5.32 Å². The van der Waals surface area contributed by atoms with Crippen LogP contribution in [0.1, 0.15) is 57.1 Å². The van der Waals surface area contributed by atoms with Gasteiger partial charge in [0.25, 0.3) is 0 Å². The van der Waals surface area contributed by atoms with E-state index in [4.69, 9.17) is 11.6 Å². The molecule has 1 aromatic carbocycles. The van der Waals surface area contributed by atoms with Gasteiger partial charge in [-0.2, -0.15) is 0 Å². The summed E-state index contributed by atoms with van der Waals surface area (Å²) in [6.07, 6.45) is 7.51. The first-order valence-electron chi connectivity index (χ1n) is 7.40. The quantitative estimate of drug-likeness (QED) is 0.793. The molecule has 0 aromatic heterocycles. The summed E-state index contributed by atoms with van der Waals surface area (Å²) in [6.45, 7) is 3.14. The highest BCUT2D eigenvalue weighted by molar-refractivity contribution is 6.30. The van der Waals surface area contributed by atoms with Crippen molar-refractivity contribution in [3.8, 4) is 0 Å². The van der Waals surface area contributed by atoms with Crippen LogP contribution in [-0.4, -0.2) is 6.54 Å². The molecule has 106 valence electrons. The molecule has 19 heavy (non-hydrogen) atoms. The maximum absolute atomic E-state index is 13.7. The maximum atomic E-state index is 13.7.